The number of nitrogens with one attached hydrogen (secondary N) is 1. The van der Waals surface area contributed by atoms with Gasteiger partial charge in [0.15, 0.2) is 0 Å². The van der Waals surface area contributed by atoms with Crippen molar-refractivity contribution in [3.63, 3.8) is 0 Å². The smallest absolute Gasteiger partial charge is 0.0861 e. The molecule has 0 radical (unpaired) electrons. The van der Waals surface area contributed by atoms with E-state index in [1.165, 1.54) is 0 Å². The van der Waals surface area contributed by atoms with Crippen LogP contribution in [-0.2, 0) is 0 Å². The molecule has 0 aliphatic heterocycles. The molecule has 0 aliphatic rings. The van der Waals surface area contributed by atoms with E-state index < -0.39 is 0 Å². The summed E-state index contributed by atoms with van der Waals surface area (Å²) in [6.07, 6.45) is 1.64. The highest BCUT2D eigenvalue weighted by Crippen LogP contribution is 1.99. The van der Waals surface area contributed by atoms with Crippen molar-refractivity contribution in [3.05, 3.63) is 12.3 Å². The van der Waals surface area contributed by atoms with E-state index in [9.17, 15) is 0 Å². The minimum atomic E-state index is 0.475. The van der Waals surface area contributed by atoms with Gasteiger partial charge in [-0.2, -0.15) is 0 Å². The average Bonchev–Trinajstić information content (AvgIpc) is 1.82. The average molecular weight is 126 g/mol. The monoisotopic (exact) mass is 126 g/mol. The first-order valence-corrected chi connectivity index (χ1v) is 3.04. The molecule has 0 fully saturated rings. The molecule has 0 aromatic carbocycles. The Bertz CT molecular complexity index is 114. The molecular weight excluding hydrogens is 112 g/mol. The fraction of sp³-hybridized carbons (Fsp3) is 0.571. The third kappa shape index (κ3) is 3.76. The first kappa shape index (κ1) is 8.21. The van der Waals surface area contributed by atoms with E-state index in [-0.39, 0.29) is 0 Å². The molecule has 0 amide bonds. The Morgan fingerprint density at radius 2 is 2.22 bits per heavy atom. The Hall–Kier alpha value is -0.790. The summed E-state index contributed by atoms with van der Waals surface area (Å²) >= 11 is 0. The third-order valence-corrected chi connectivity index (χ3v) is 1.08. The van der Waals surface area contributed by atoms with Crippen LogP contribution in [0.5, 0.6) is 0 Å². The molecule has 0 aliphatic carbocycles. The Morgan fingerprint density at radius 3 is 2.56 bits per heavy atom. The summed E-state index contributed by atoms with van der Waals surface area (Å²) in [4.78, 5) is 3.76. The molecule has 52 valence electrons. The van der Waals surface area contributed by atoms with Crippen LogP contribution in [-0.4, -0.2) is 13.4 Å². The van der Waals surface area contributed by atoms with Crippen molar-refractivity contribution in [2.75, 3.05) is 7.05 Å². The molecule has 0 atom stereocenters. The molecule has 0 rings (SSSR count). The molecule has 2 nitrogen and oxygen atoms in total. The second-order valence-corrected chi connectivity index (χ2v) is 2.21. The Balaban J connectivity index is 3.51. The number of hydrogen-bond donors (Lipinski definition) is 1. The summed E-state index contributed by atoms with van der Waals surface area (Å²) in [7, 11) is 1.72. The van der Waals surface area contributed by atoms with Gasteiger partial charge < -0.3 is 5.32 Å². The van der Waals surface area contributed by atoms with E-state index in [0.29, 0.717) is 5.92 Å². The van der Waals surface area contributed by atoms with Crippen molar-refractivity contribution in [2.24, 2.45) is 10.9 Å². The van der Waals surface area contributed by atoms with Crippen molar-refractivity contribution in [1.82, 2.24) is 5.32 Å². The minimum absolute atomic E-state index is 0.475. The predicted octanol–water partition coefficient (Wildman–Crippen LogP) is 1.40. The predicted molar refractivity (Wildman–Crippen MR) is 41.5 cm³/mol. The van der Waals surface area contributed by atoms with Crippen LogP contribution >= 0.6 is 0 Å². The van der Waals surface area contributed by atoms with Gasteiger partial charge in [-0.3, -0.25) is 4.99 Å². The summed E-state index contributed by atoms with van der Waals surface area (Å²) in [5, 5.41) is 2.95. The second-order valence-electron chi connectivity index (χ2n) is 2.21. The zero-order chi connectivity index (χ0) is 7.28. The number of hydrogen-bond acceptors (Lipinski definition) is 1. The summed E-state index contributed by atoms with van der Waals surface area (Å²) in [6, 6.07) is 0. The maximum absolute atomic E-state index is 3.79. The van der Waals surface area contributed by atoms with Crippen molar-refractivity contribution >= 4 is 6.34 Å². The van der Waals surface area contributed by atoms with Crippen molar-refractivity contribution < 1.29 is 0 Å². The van der Waals surface area contributed by atoms with E-state index in [4.69, 9.17) is 0 Å². The third-order valence-electron chi connectivity index (χ3n) is 1.08. The molecule has 0 saturated carbocycles. The van der Waals surface area contributed by atoms with Crippen LogP contribution in [0.15, 0.2) is 17.3 Å². The SMILES string of the molecule is C=C(N/C=N\C)C(C)C. The number of allylic oxidation sites excluding steroid dienone is 1. The van der Waals surface area contributed by atoms with Crippen molar-refractivity contribution in [3.8, 4) is 0 Å². The van der Waals surface area contributed by atoms with E-state index >= 15 is 0 Å². The summed E-state index contributed by atoms with van der Waals surface area (Å²) < 4.78 is 0. The highest BCUT2D eigenvalue weighted by Gasteiger charge is 1.94. The van der Waals surface area contributed by atoms with Gasteiger partial charge in [-0.05, 0) is 5.92 Å². The van der Waals surface area contributed by atoms with Gasteiger partial charge in [0.2, 0.25) is 0 Å². The van der Waals surface area contributed by atoms with Crippen LogP contribution in [0.2, 0.25) is 0 Å². The van der Waals surface area contributed by atoms with Crippen LogP contribution < -0.4 is 5.32 Å². The molecule has 0 unspecified atom stereocenters. The maximum atomic E-state index is 3.79. The highest BCUT2D eigenvalue weighted by molar-refractivity contribution is 5.56. The van der Waals surface area contributed by atoms with E-state index in [1.54, 1.807) is 13.4 Å². The molecule has 0 spiro atoms. The number of aliphatic imine (C=N–C) groups is 1. The lowest BCUT2D eigenvalue weighted by Crippen LogP contribution is -2.13. The molecule has 2 heteroatoms. The Kier molecular flexibility index (Phi) is 3.76. The lowest BCUT2D eigenvalue weighted by atomic mass is 10.2. The van der Waals surface area contributed by atoms with Gasteiger partial charge >= 0.3 is 0 Å². The van der Waals surface area contributed by atoms with Crippen LogP contribution in [0.1, 0.15) is 13.8 Å². The van der Waals surface area contributed by atoms with E-state index in [0.717, 1.165) is 5.70 Å². The fourth-order valence-corrected chi connectivity index (χ4v) is 0.314. The lowest BCUT2D eigenvalue weighted by Gasteiger charge is -2.06. The number of nitrogens with zero attached hydrogens (tertiary/aromatic N) is 1. The first-order chi connectivity index (χ1) is 4.18. The highest BCUT2D eigenvalue weighted by atomic mass is 14.9. The Labute approximate surface area is 56.7 Å². The topological polar surface area (TPSA) is 24.4 Å². The van der Waals surface area contributed by atoms with Gasteiger partial charge in [0.25, 0.3) is 0 Å². The van der Waals surface area contributed by atoms with Gasteiger partial charge in [-0.15, -0.1) is 0 Å². The van der Waals surface area contributed by atoms with Gasteiger partial charge in [0, 0.05) is 12.7 Å². The molecular formula is C7H14N2. The van der Waals surface area contributed by atoms with Gasteiger partial charge in [-0.25, -0.2) is 0 Å². The Morgan fingerprint density at radius 1 is 1.67 bits per heavy atom. The zero-order valence-electron chi connectivity index (χ0n) is 6.31. The van der Waals surface area contributed by atoms with Crippen LogP contribution in [0, 0.1) is 5.92 Å². The molecule has 0 saturated heterocycles. The lowest BCUT2D eigenvalue weighted by molar-refractivity contribution is 0.734. The van der Waals surface area contributed by atoms with Gasteiger partial charge in [0.1, 0.15) is 0 Å². The molecule has 0 heterocycles. The fourth-order valence-electron chi connectivity index (χ4n) is 0.314. The van der Waals surface area contributed by atoms with E-state index in [1.807, 2.05) is 0 Å². The summed E-state index contributed by atoms with van der Waals surface area (Å²) in [6.45, 7) is 7.95. The largest absolute Gasteiger partial charge is 0.351 e. The summed E-state index contributed by atoms with van der Waals surface area (Å²) in [5.41, 5.74) is 1.00. The van der Waals surface area contributed by atoms with Crippen molar-refractivity contribution in [2.45, 2.75) is 13.8 Å². The molecule has 0 bridgehead atoms. The molecule has 1 N–H and O–H groups in total. The van der Waals surface area contributed by atoms with E-state index in [2.05, 4.69) is 30.7 Å². The van der Waals surface area contributed by atoms with Gasteiger partial charge in [-0.1, -0.05) is 20.4 Å². The van der Waals surface area contributed by atoms with Crippen LogP contribution in [0.25, 0.3) is 0 Å². The van der Waals surface area contributed by atoms with Gasteiger partial charge in [0.05, 0.1) is 6.34 Å². The minimum Gasteiger partial charge on any atom is -0.351 e. The quantitative estimate of drug-likeness (QED) is 0.448. The molecule has 0 aromatic rings. The molecule has 9 heavy (non-hydrogen) atoms. The second kappa shape index (κ2) is 4.13. The van der Waals surface area contributed by atoms with Crippen molar-refractivity contribution in [1.29, 1.82) is 0 Å². The standard InChI is InChI=1S/C7H14N2/c1-6(2)7(3)9-5-8-4/h5-6H,3H2,1-2,4H3,(H,8,9). The zero-order valence-corrected chi connectivity index (χ0v) is 6.31. The summed E-state index contributed by atoms with van der Waals surface area (Å²) in [5.74, 6) is 0.475. The van der Waals surface area contributed by atoms with Crippen LogP contribution in [0.3, 0.4) is 0 Å². The molecule has 0 aromatic heterocycles. The normalized spacial score (nSPS) is 10.7. The first-order valence-electron chi connectivity index (χ1n) is 3.04. The van der Waals surface area contributed by atoms with Crippen LogP contribution in [0.4, 0.5) is 0 Å². The maximum Gasteiger partial charge on any atom is 0.0861 e. The number of rotatable bonds is 3.